The molecule has 2 aromatic heterocycles. The second-order valence-electron chi connectivity index (χ2n) is 11.7. The summed E-state index contributed by atoms with van der Waals surface area (Å²) >= 11 is 2.71. The number of benzene rings is 1. The van der Waals surface area contributed by atoms with Crippen molar-refractivity contribution in [3.8, 4) is 11.1 Å². The van der Waals surface area contributed by atoms with Crippen molar-refractivity contribution >= 4 is 40.0 Å². The number of ether oxygens (including phenoxy) is 1. The van der Waals surface area contributed by atoms with Crippen LogP contribution in [0.5, 0.6) is 0 Å². The van der Waals surface area contributed by atoms with Crippen LogP contribution in [0.15, 0.2) is 53.5 Å². The summed E-state index contributed by atoms with van der Waals surface area (Å²) in [5, 5.41) is 15.2. The van der Waals surface area contributed by atoms with Crippen molar-refractivity contribution < 1.29 is 14.3 Å². The molecule has 7 nitrogen and oxygen atoms in total. The van der Waals surface area contributed by atoms with Gasteiger partial charge < -0.3 is 14.6 Å². The van der Waals surface area contributed by atoms with Crippen LogP contribution in [0.25, 0.3) is 11.1 Å². The summed E-state index contributed by atoms with van der Waals surface area (Å²) in [5.74, 6) is 3.20. The number of hydrogen-bond donors (Lipinski definition) is 1. The van der Waals surface area contributed by atoms with E-state index in [1.165, 1.54) is 61.6 Å². The smallest absolute Gasteiger partial charge is 0.341 e. The number of aromatic nitrogens is 3. The molecular formula is C31H36N4O3S2. The lowest BCUT2D eigenvalue weighted by Gasteiger charge is -2.56. The number of nitrogens with one attached hydrogen (secondary N) is 1. The third kappa shape index (κ3) is 5.50. The van der Waals surface area contributed by atoms with Crippen molar-refractivity contribution in [3.05, 3.63) is 59.8 Å². The number of esters is 1. The van der Waals surface area contributed by atoms with E-state index in [1.54, 1.807) is 6.92 Å². The summed E-state index contributed by atoms with van der Waals surface area (Å²) < 4.78 is 7.46. The highest BCUT2D eigenvalue weighted by atomic mass is 32.2. The van der Waals surface area contributed by atoms with Gasteiger partial charge >= 0.3 is 5.97 Å². The Kier molecular flexibility index (Phi) is 7.86. The molecule has 1 N–H and O–H groups in total. The Labute approximate surface area is 243 Å². The summed E-state index contributed by atoms with van der Waals surface area (Å²) in [6.07, 6.45) is 11.1. The SMILES string of the molecule is C=CCn1c(CC23CC4CC(CC(C4)C2)C3)nnc1SCC(=O)Nc1scc(-c2ccccc2)c1C(=O)OCC. The maximum absolute atomic E-state index is 13.1. The summed E-state index contributed by atoms with van der Waals surface area (Å²) in [7, 11) is 0. The largest absolute Gasteiger partial charge is 0.462 e. The fourth-order valence-corrected chi connectivity index (χ4v) is 9.43. The summed E-state index contributed by atoms with van der Waals surface area (Å²) in [4.78, 5) is 25.9. The fraction of sp³-hybridized carbons (Fsp3) is 0.484. The van der Waals surface area contributed by atoms with Crippen LogP contribution in [0, 0.1) is 23.2 Å². The molecule has 1 amide bonds. The van der Waals surface area contributed by atoms with Crippen LogP contribution in [0.1, 0.15) is 61.6 Å². The second kappa shape index (κ2) is 11.5. The van der Waals surface area contributed by atoms with Crippen LogP contribution in [0.4, 0.5) is 5.00 Å². The van der Waals surface area contributed by atoms with Gasteiger partial charge in [0.2, 0.25) is 5.91 Å². The van der Waals surface area contributed by atoms with Crippen molar-refractivity contribution in [1.29, 1.82) is 0 Å². The topological polar surface area (TPSA) is 86.1 Å². The minimum atomic E-state index is -0.439. The van der Waals surface area contributed by atoms with Gasteiger partial charge in [0.25, 0.3) is 0 Å². The van der Waals surface area contributed by atoms with Crippen LogP contribution >= 0.6 is 23.1 Å². The number of carbonyl (C=O) groups excluding carboxylic acids is 2. The first-order chi connectivity index (χ1) is 19.5. The molecule has 2 heterocycles. The maximum Gasteiger partial charge on any atom is 0.341 e. The normalized spacial score (nSPS) is 24.7. The minimum absolute atomic E-state index is 0.160. The van der Waals surface area contributed by atoms with E-state index < -0.39 is 5.97 Å². The summed E-state index contributed by atoms with van der Waals surface area (Å²) in [6, 6.07) is 9.67. The number of anilines is 1. The van der Waals surface area contributed by atoms with E-state index in [1.807, 2.05) is 41.8 Å². The molecule has 4 saturated carbocycles. The molecule has 0 unspecified atom stereocenters. The number of carbonyl (C=O) groups is 2. The Morgan fingerprint density at radius 3 is 2.50 bits per heavy atom. The van der Waals surface area contributed by atoms with Gasteiger partial charge in [-0.05, 0) is 74.2 Å². The number of hydrogen-bond acceptors (Lipinski definition) is 7. The van der Waals surface area contributed by atoms with Gasteiger partial charge in [0, 0.05) is 23.9 Å². The Morgan fingerprint density at radius 2 is 1.85 bits per heavy atom. The number of thioether (sulfide) groups is 1. The third-order valence-corrected chi connectivity index (χ3v) is 10.6. The molecule has 4 fully saturated rings. The molecule has 0 spiro atoms. The number of allylic oxidation sites excluding steroid dienone is 1. The van der Waals surface area contributed by atoms with Crippen LogP contribution in [0.2, 0.25) is 0 Å². The van der Waals surface area contributed by atoms with Gasteiger partial charge in [0.1, 0.15) is 16.4 Å². The van der Waals surface area contributed by atoms with Crippen molar-refractivity contribution in [2.75, 3.05) is 17.7 Å². The molecule has 1 aromatic carbocycles. The van der Waals surface area contributed by atoms with Gasteiger partial charge in [-0.2, -0.15) is 0 Å². The van der Waals surface area contributed by atoms with Gasteiger partial charge in [-0.25, -0.2) is 4.79 Å². The van der Waals surface area contributed by atoms with Crippen LogP contribution < -0.4 is 5.32 Å². The predicted molar refractivity (Wildman–Crippen MR) is 160 cm³/mol. The highest BCUT2D eigenvalue weighted by Crippen LogP contribution is 2.61. The zero-order chi connectivity index (χ0) is 27.7. The Bertz CT molecular complexity index is 1360. The van der Waals surface area contributed by atoms with Crippen molar-refractivity contribution in [1.82, 2.24) is 14.8 Å². The quantitative estimate of drug-likeness (QED) is 0.152. The molecule has 210 valence electrons. The van der Waals surface area contributed by atoms with Crippen LogP contribution in [-0.4, -0.2) is 39.0 Å². The van der Waals surface area contributed by atoms with Gasteiger partial charge in [-0.1, -0.05) is 48.2 Å². The molecule has 7 rings (SSSR count). The zero-order valence-electron chi connectivity index (χ0n) is 22.9. The molecule has 4 aliphatic rings. The molecule has 40 heavy (non-hydrogen) atoms. The number of nitrogens with zero attached hydrogens (tertiary/aromatic N) is 3. The number of amides is 1. The van der Waals surface area contributed by atoms with Crippen molar-refractivity contribution in [3.63, 3.8) is 0 Å². The lowest BCUT2D eigenvalue weighted by Crippen LogP contribution is -2.47. The summed E-state index contributed by atoms with van der Waals surface area (Å²) in [6.45, 7) is 6.62. The van der Waals surface area contributed by atoms with Gasteiger partial charge in [0.05, 0.1) is 12.4 Å². The molecule has 0 saturated heterocycles. The van der Waals surface area contributed by atoms with Gasteiger partial charge in [-0.15, -0.1) is 28.1 Å². The van der Waals surface area contributed by atoms with Crippen molar-refractivity contribution in [2.24, 2.45) is 23.2 Å². The minimum Gasteiger partial charge on any atom is -0.462 e. The maximum atomic E-state index is 13.1. The monoisotopic (exact) mass is 576 g/mol. The Morgan fingerprint density at radius 1 is 1.15 bits per heavy atom. The second-order valence-corrected chi connectivity index (χ2v) is 13.5. The standard InChI is InChI=1S/C31H36N4O3S2/c1-3-10-35-25(17-31-14-20-11-21(15-31)13-22(12-20)16-31)33-34-30(35)40-19-26(36)32-28-27(29(37)38-4-2)24(18-39-28)23-8-6-5-7-9-23/h3,5-9,18,20-22H,1,4,10-17,19H2,2H3,(H,32,36). The lowest BCUT2D eigenvalue weighted by molar-refractivity contribution is -0.113. The molecule has 4 aliphatic carbocycles. The average molecular weight is 577 g/mol. The van der Waals surface area contributed by atoms with Gasteiger partial charge in [-0.3, -0.25) is 4.79 Å². The zero-order valence-corrected chi connectivity index (χ0v) is 24.6. The van der Waals surface area contributed by atoms with E-state index in [2.05, 4.69) is 26.7 Å². The first-order valence-corrected chi connectivity index (χ1v) is 16.1. The Balaban J connectivity index is 1.15. The van der Waals surface area contributed by atoms with Crippen molar-refractivity contribution in [2.45, 2.75) is 63.6 Å². The first kappa shape index (κ1) is 27.3. The predicted octanol–water partition coefficient (Wildman–Crippen LogP) is 6.86. The van der Waals surface area contributed by atoms with E-state index in [0.29, 0.717) is 22.5 Å². The summed E-state index contributed by atoms with van der Waals surface area (Å²) in [5.41, 5.74) is 2.41. The van der Waals surface area contributed by atoms with E-state index in [9.17, 15) is 9.59 Å². The number of rotatable bonds is 11. The highest BCUT2D eigenvalue weighted by molar-refractivity contribution is 7.99. The Hall–Kier alpha value is -2.91. The lowest BCUT2D eigenvalue weighted by atomic mass is 9.49. The van der Waals surface area contributed by atoms with Crippen LogP contribution in [-0.2, 0) is 22.5 Å². The van der Waals surface area contributed by atoms with E-state index in [-0.39, 0.29) is 18.3 Å². The number of thiophene rings is 1. The van der Waals surface area contributed by atoms with E-state index in [0.717, 1.165) is 46.3 Å². The molecular weight excluding hydrogens is 541 g/mol. The van der Waals surface area contributed by atoms with E-state index >= 15 is 0 Å². The molecule has 0 atom stereocenters. The van der Waals surface area contributed by atoms with Gasteiger partial charge in [0.15, 0.2) is 5.16 Å². The molecule has 0 aliphatic heterocycles. The molecule has 3 aromatic rings. The first-order valence-electron chi connectivity index (χ1n) is 14.3. The van der Waals surface area contributed by atoms with E-state index in [4.69, 9.17) is 4.74 Å². The molecule has 9 heteroatoms. The molecule has 4 bridgehead atoms. The highest BCUT2D eigenvalue weighted by Gasteiger charge is 2.51. The fourth-order valence-electron chi connectivity index (χ4n) is 7.69. The third-order valence-electron chi connectivity index (χ3n) is 8.74. The molecule has 0 radical (unpaired) electrons. The van der Waals surface area contributed by atoms with Crippen LogP contribution in [0.3, 0.4) is 0 Å². The average Bonchev–Trinajstić information content (AvgIpc) is 3.51.